The molecule has 7 nitrogen and oxygen atoms in total. The van der Waals surface area contributed by atoms with Gasteiger partial charge in [-0.25, -0.2) is 21.6 Å². The number of nitrogens with zero attached hydrogens (tertiary/aromatic N) is 2. The lowest BCUT2D eigenvalue weighted by Crippen LogP contribution is -2.57. The first kappa shape index (κ1) is 36.6. The fraction of sp³-hybridized carbons (Fsp3) is 0.406. The second-order valence-electron chi connectivity index (χ2n) is 12.0. The van der Waals surface area contributed by atoms with Crippen molar-refractivity contribution in [3.63, 3.8) is 0 Å². The summed E-state index contributed by atoms with van der Waals surface area (Å²) in [4.78, 5) is 15.7. The molecule has 3 aromatic rings. The van der Waals surface area contributed by atoms with Crippen molar-refractivity contribution in [2.24, 2.45) is 5.92 Å². The molecular weight excluding hydrogens is 695 g/mol. The molecule has 17 heteroatoms. The number of carbonyl (C=O) groups is 1. The van der Waals surface area contributed by atoms with Gasteiger partial charge in [-0.2, -0.15) is 26.3 Å². The summed E-state index contributed by atoms with van der Waals surface area (Å²) in [7, 11) is -4.61. The molecule has 2 unspecified atom stereocenters. The highest BCUT2D eigenvalue weighted by Crippen LogP contribution is 2.54. The summed E-state index contributed by atoms with van der Waals surface area (Å²) >= 11 is 0. The topological polar surface area (TPSA) is 87.2 Å². The van der Waals surface area contributed by atoms with Crippen LogP contribution in [0.15, 0.2) is 71.6 Å². The number of aliphatic hydroxyl groups is 1. The zero-order valence-electron chi connectivity index (χ0n) is 25.5. The molecule has 0 aliphatic carbocycles. The van der Waals surface area contributed by atoms with Crippen LogP contribution in [-0.4, -0.2) is 74.0 Å². The summed E-state index contributed by atoms with van der Waals surface area (Å²) in [6.45, 7) is -0.620. The molecule has 2 fully saturated rings. The average molecular weight is 725 g/mol. The van der Waals surface area contributed by atoms with Gasteiger partial charge < -0.3 is 14.7 Å². The molecule has 266 valence electrons. The molecule has 0 radical (unpaired) electrons. The first-order valence-corrected chi connectivity index (χ1v) is 16.3. The Bertz CT molecular complexity index is 1760. The first-order valence-electron chi connectivity index (χ1n) is 14.8. The average Bonchev–Trinajstić information content (AvgIpc) is 3.44. The van der Waals surface area contributed by atoms with E-state index >= 15 is 0 Å². The monoisotopic (exact) mass is 724 g/mol. The van der Waals surface area contributed by atoms with E-state index in [1.807, 2.05) is 0 Å². The molecule has 3 aromatic carbocycles. The van der Waals surface area contributed by atoms with E-state index < -0.39 is 97.2 Å². The third kappa shape index (κ3) is 6.30. The molecule has 2 atom stereocenters. The minimum Gasteiger partial charge on any atom is -0.379 e. The van der Waals surface area contributed by atoms with Gasteiger partial charge in [-0.3, -0.25) is 9.69 Å². The van der Waals surface area contributed by atoms with Crippen molar-refractivity contribution >= 4 is 15.7 Å². The molecule has 2 saturated heterocycles. The van der Waals surface area contributed by atoms with E-state index in [-0.39, 0.29) is 31.6 Å². The van der Waals surface area contributed by atoms with Gasteiger partial charge >= 0.3 is 12.4 Å². The first-order chi connectivity index (χ1) is 22.7. The van der Waals surface area contributed by atoms with Crippen molar-refractivity contribution < 1.29 is 62.6 Å². The molecule has 0 aromatic heterocycles. The Balaban J connectivity index is 1.57. The van der Waals surface area contributed by atoms with E-state index in [0.717, 1.165) is 42.5 Å². The van der Waals surface area contributed by atoms with Crippen LogP contribution < -0.4 is 0 Å². The number of likely N-dealkylation sites (tertiary alicyclic amines) is 2. The number of amides is 1. The van der Waals surface area contributed by atoms with Crippen molar-refractivity contribution in [3.8, 4) is 0 Å². The lowest BCUT2D eigenvalue weighted by Gasteiger charge is -2.41. The normalized spacial score (nSPS) is 20.3. The maximum atomic E-state index is 14.5. The molecule has 0 spiro atoms. The van der Waals surface area contributed by atoms with Crippen LogP contribution in [0.2, 0.25) is 0 Å². The van der Waals surface area contributed by atoms with Gasteiger partial charge in [0.15, 0.2) is 9.84 Å². The van der Waals surface area contributed by atoms with E-state index in [1.165, 1.54) is 11.8 Å². The minimum atomic E-state index is -6.23. The number of sulfone groups is 1. The van der Waals surface area contributed by atoms with E-state index in [2.05, 4.69) is 4.74 Å². The summed E-state index contributed by atoms with van der Waals surface area (Å²) in [6, 6.07) is 7.95. The third-order valence-corrected chi connectivity index (χ3v) is 11.6. The second kappa shape index (κ2) is 12.9. The van der Waals surface area contributed by atoms with Crippen molar-refractivity contribution in [1.82, 2.24) is 9.80 Å². The van der Waals surface area contributed by atoms with Gasteiger partial charge in [0.25, 0.3) is 5.60 Å². The third-order valence-electron chi connectivity index (χ3n) is 9.08. The van der Waals surface area contributed by atoms with Gasteiger partial charge in [0, 0.05) is 37.3 Å². The maximum Gasteiger partial charge on any atom is 0.430 e. The number of hydrogen-bond acceptors (Lipinski definition) is 6. The highest BCUT2D eigenvalue weighted by Gasteiger charge is 2.73. The van der Waals surface area contributed by atoms with Crippen molar-refractivity contribution in [2.45, 2.75) is 53.8 Å². The van der Waals surface area contributed by atoms with E-state index in [9.17, 15) is 57.8 Å². The number of carbonyl (C=O) groups excluding carboxylic acids is 1. The number of ether oxygens (including phenoxy) is 1. The highest BCUT2D eigenvalue weighted by molar-refractivity contribution is 7.92. The van der Waals surface area contributed by atoms with Crippen LogP contribution in [0.5, 0.6) is 0 Å². The zero-order valence-corrected chi connectivity index (χ0v) is 26.3. The van der Waals surface area contributed by atoms with Gasteiger partial charge in [0.1, 0.15) is 28.4 Å². The van der Waals surface area contributed by atoms with E-state index in [1.54, 1.807) is 4.90 Å². The Morgan fingerprint density at radius 3 is 1.98 bits per heavy atom. The van der Waals surface area contributed by atoms with Gasteiger partial charge in [0.2, 0.25) is 5.91 Å². The molecule has 2 aliphatic rings. The van der Waals surface area contributed by atoms with Crippen LogP contribution in [0.3, 0.4) is 0 Å². The van der Waals surface area contributed by atoms with Gasteiger partial charge in [0.05, 0.1) is 17.4 Å². The van der Waals surface area contributed by atoms with Crippen molar-refractivity contribution in [3.05, 3.63) is 101 Å². The number of benzene rings is 3. The van der Waals surface area contributed by atoms with Crippen LogP contribution in [0, 0.1) is 23.4 Å². The van der Waals surface area contributed by atoms with E-state index in [4.69, 9.17) is 0 Å². The summed E-state index contributed by atoms with van der Waals surface area (Å²) in [5.41, 5.74) is -8.11. The Morgan fingerprint density at radius 1 is 0.918 bits per heavy atom. The van der Waals surface area contributed by atoms with Gasteiger partial charge in [-0.05, 0) is 55.3 Å². The largest absolute Gasteiger partial charge is 0.430 e. The predicted octanol–water partition coefficient (Wildman–Crippen LogP) is 5.81. The molecule has 0 bridgehead atoms. The van der Waals surface area contributed by atoms with Crippen LogP contribution in [0.4, 0.5) is 39.5 Å². The minimum absolute atomic E-state index is 0.154. The molecule has 1 amide bonds. The smallest absolute Gasteiger partial charge is 0.379 e. The van der Waals surface area contributed by atoms with E-state index in [0.29, 0.717) is 24.3 Å². The number of halogens is 9. The molecule has 1 N–H and O–H groups in total. The fourth-order valence-electron chi connectivity index (χ4n) is 6.25. The number of aliphatic hydroxyl groups excluding tert-OH is 1. The maximum absolute atomic E-state index is 14.5. The molecular formula is C32H29F9N2O5S. The lowest BCUT2D eigenvalue weighted by molar-refractivity contribution is -0.392. The Kier molecular flexibility index (Phi) is 9.64. The van der Waals surface area contributed by atoms with Crippen molar-refractivity contribution in [1.29, 1.82) is 0 Å². The molecule has 49 heavy (non-hydrogen) atoms. The molecule has 0 saturated carbocycles. The summed E-state index contributed by atoms with van der Waals surface area (Å²) in [6.07, 6.45) is -13.6. The van der Waals surface area contributed by atoms with Crippen LogP contribution >= 0.6 is 0 Å². The van der Waals surface area contributed by atoms with Gasteiger partial charge in [-0.1, -0.05) is 30.3 Å². The number of rotatable bonds is 9. The molecule has 2 heterocycles. The molecule has 5 rings (SSSR count). The second-order valence-corrected chi connectivity index (χ2v) is 14.2. The quantitative estimate of drug-likeness (QED) is 0.222. The summed E-state index contributed by atoms with van der Waals surface area (Å²) < 4.78 is 160. The fourth-order valence-corrected chi connectivity index (χ4v) is 8.32. The SMILES string of the molecule is CC(O)N1CC(C(=O)N2CCC(c3ccc(C(OCc4c(F)cccc4F)(C(F)(F)F)C(F)(F)F)cc3)(S(=O)(=O)c3ccc(F)cc3)C2)C1. The van der Waals surface area contributed by atoms with Gasteiger partial charge in [-0.15, -0.1) is 0 Å². The molecule has 2 aliphatic heterocycles. The standard InChI is InChI=1S/C32H29F9N2O5S/c1-19(44)43-15-20(16-43)28(45)42-14-13-29(18-42,49(46,47)24-11-9-23(33)10-12-24)21-5-7-22(8-6-21)30(31(36,37)38,32(39,40)41)48-17-25-26(34)3-2-4-27(25)35/h2-12,19-20,44H,13-18H2,1H3. The number of alkyl halides is 6. The zero-order chi connectivity index (χ0) is 36.2. The summed E-state index contributed by atoms with van der Waals surface area (Å²) in [5, 5.41) is 9.73. The van der Waals surface area contributed by atoms with Crippen LogP contribution in [-0.2, 0) is 36.3 Å². The Labute approximate surface area is 274 Å². The Hall–Kier alpha value is -3.67. The predicted molar refractivity (Wildman–Crippen MR) is 155 cm³/mol. The number of hydrogen-bond donors (Lipinski definition) is 1. The van der Waals surface area contributed by atoms with Crippen LogP contribution in [0.1, 0.15) is 30.0 Å². The van der Waals surface area contributed by atoms with Crippen LogP contribution in [0.25, 0.3) is 0 Å². The highest BCUT2D eigenvalue weighted by atomic mass is 32.2. The summed E-state index contributed by atoms with van der Waals surface area (Å²) in [5.74, 6) is -4.73. The lowest BCUT2D eigenvalue weighted by atomic mass is 9.88. The Morgan fingerprint density at radius 2 is 1.47 bits per heavy atom. The van der Waals surface area contributed by atoms with Crippen molar-refractivity contribution in [2.75, 3.05) is 26.2 Å².